The van der Waals surface area contributed by atoms with E-state index < -0.39 is 0 Å². The van der Waals surface area contributed by atoms with Gasteiger partial charge in [0.05, 0.1) is 13.2 Å². The molecule has 2 fully saturated rings. The topological polar surface area (TPSA) is 32.7 Å². The summed E-state index contributed by atoms with van der Waals surface area (Å²) in [7, 11) is 2.10. The zero-order chi connectivity index (χ0) is 13.8. The molecule has 5 nitrogen and oxygen atoms in total. The van der Waals surface area contributed by atoms with Gasteiger partial charge in [-0.1, -0.05) is 0 Å². The lowest BCUT2D eigenvalue weighted by molar-refractivity contribution is 0.00668. The van der Waals surface area contributed by atoms with Crippen LogP contribution in [0.1, 0.15) is 11.6 Å². The summed E-state index contributed by atoms with van der Waals surface area (Å²) >= 11 is 0. The summed E-state index contributed by atoms with van der Waals surface area (Å²) in [6.45, 7) is 9.51. The maximum Gasteiger partial charge on any atom is 0.0594 e. The molecule has 0 aromatic carbocycles. The number of piperazine rings is 1. The molecule has 20 heavy (non-hydrogen) atoms. The normalized spacial score (nSPS) is 23.9. The van der Waals surface area contributed by atoms with Crippen LogP contribution < -0.4 is 5.32 Å². The predicted molar refractivity (Wildman–Crippen MR) is 79.9 cm³/mol. The molecule has 1 aromatic heterocycles. The highest BCUT2D eigenvalue weighted by Crippen LogP contribution is 2.23. The lowest BCUT2D eigenvalue weighted by Gasteiger charge is -2.38. The van der Waals surface area contributed by atoms with Crippen molar-refractivity contribution in [1.29, 1.82) is 0 Å². The van der Waals surface area contributed by atoms with Gasteiger partial charge in [-0.2, -0.15) is 0 Å². The molecular formula is C15H26N4O. The zero-order valence-electron chi connectivity index (χ0n) is 12.4. The monoisotopic (exact) mass is 278 g/mol. The first-order chi connectivity index (χ1) is 9.83. The molecular weight excluding hydrogens is 252 g/mol. The van der Waals surface area contributed by atoms with E-state index in [4.69, 9.17) is 4.74 Å². The van der Waals surface area contributed by atoms with Crippen molar-refractivity contribution in [2.75, 3.05) is 59.0 Å². The van der Waals surface area contributed by atoms with Gasteiger partial charge in [-0.3, -0.25) is 9.80 Å². The summed E-state index contributed by atoms with van der Waals surface area (Å²) in [6, 6.07) is 2.76. The third-order valence-corrected chi connectivity index (χ3v) is 4.37. The van der Waals surface area contributed by atoms with Gasteiger partial charge >= 0.3 is 0 Å². The van der Waals surface area contributed by atoms with Crippen molar-refractivity contribution < 1.29 is 4.74 Å². The maximum absolute atomic E-state index is 5.51. The zero-order valence-corrected chi connectivity index (χ0v) is 12.4. The van der Waals surface area contributed by atoms with Gasteiger partial charge in [0.15, 0.2) is 0 Å². The lowest BCUT2D eigenvalue weighted by atomic mass is 10.1. The molecule has 0 saturated carbocycles. The molecule has 0 amide bonds. The molecule has 0 radical (unpaired) electrons. The van der Waals surface area contributed by atoms with Gasteiger partial charge < -0.3 is 14.6 Å². The third-order valence-electron chi connectivity index (χ3n) is 4.37. The molecule has 1 N–H and O–H groups in total. The van der Waals surface area contributed by atoms with Crippen molar-refractivity contribution in [1.82, 2.24) is 19.7 Å². The van der Waals surface area contributed by atoms with E-state index in [1.165, 1.54) is 5.56 Å². The van der Waals surface area contributed by atoms with E-state index in [1.54, 1.807) is 0 Å². The van der Waals surface area contributed by atoms with Crippen molar-refractivity contribution >= 4 is 0 Å². The summed E-state index contributed by atoms with van der Waals surface area (Å²) in [4.78, 5) is 5.17. The Morgan fingerprint density at radius 2 is 1.95 bits per heavy atom. The van der Waals surface area contributed by atoms with Crippen LogP contribution >= 0.6 is 0 Å². The van der Waals surface area contributed by atoms with Crippen molar-refractivity contribution in [3.63, 3.8) is 0 Å². The Morgan fingerprint density at radius 3 is 2.60 bits per heavy atom. The molecule has 112 valence electrons. The second kappa shape index (κ2) is 6.72. The first kappa shape index (κ1) is 14.1. The highest BCUT2D eigenvalue weighted by atomic mass is 16.5. The van der Waals surface area contributed by atoms with Crippen molar-refractivity contribution in [2.45, 2.75) is 6.04 Å². The van der Waals surface area contributed by atoms with Gasteiger partial charge in [-0.25, -0.2) is 0 Å². The van der Waals surface area contributed by atoms with Gasteiger partial charge in [-0.15, -0.1) is 0 Å². The number of aryl methyl sites for hydroxylation is 1. The summed E-state index contributed by atoms with van der Waals surface area (Å²) in [5.74, 6) is 0. The number of rotatable bonds is 4. The molecule has 0 bridgehead atoms. The smallest absolute Gasteiger partial charge is 0.0594 e. The minimum Gasteiger partial charge on any atom is -0.379 e. The third kappa shape index (κ3) is 3.41. The largest absolute Gasteiger partial charge is 0.379 e. The molecule has 3 heterocycles. The molecule has 1 aromatic rings. The molecule has 1 unspecified atom stereocenters. The Hall–Kier alpha value is -0.880. The van der Waals surface area contributed by atoms with Crippen LogP contribution in [0.5, 0.6) is 0 Å². The van der Waals surface area contributed by atoms with Gasteiger partial charge in [0.1, 0.15) is 0 Å². The number of ether oxygens (including phenoxy) is 1. The molecule has 1 atom stereocenters. The Morgan fingerprint density at radius 1 is 1.20 bits per heavy atom. The summed E-state index contributed by atoms with van der Waals surface area (Å²) in [5.41, 5.74) is 1.44. The first-order valence-electron chi connectivity index (χ1n) is 7.70. The molecule has 0 spiro atoms. The van der Waals surface area contributed by atoms with E-state index in [-0.39, 0.29) is 0 Å². The standard InChI is InChI=1S/C15H26N4O/c1-17-5-2-14(12-17)15(19-8-10-20-11-9-19)13-18-6-3-16-4-7-18/h2,5,12,15-16H,3-4,6-11,13H2,1H3. The SMILES string of the molecule is Cn1ccc(C(CN2CCNCC2)N2CCOCC2)c1. The Kier molecular flexibility index (Phi) is 4.73. The fourth-order valence-electron chi connectivity index (χ4n) is 3.18. The van der Waals surface area contributed by atoms with E-state index >= 15 is 0 Å². The predicted octanol–water partition coefficient (Wildman–Crippen LogP) is 0.304. The number of hydrogen-bond donors (Lipinski definition) is 1. The van der Waals surface area contributed by atoms with Crippen molar-refractivity contribution in [3.05, 3.63) is 24.0 Å². The fourth-order valence-corrected chi connectivity index (χ4v) is 3.18. The van der Waals surface area contributed by atoms with Crippen molar-refractivity contribution in [2.24, 2.45) is 7.05 Å². The number of nitrogens with zero attached hydrogens (tertiary/aromatic N) is 3. The minimum atomic E-state index is 0.498. The minimum absolute atomic E-state index is 0.498. The van der Waals surface area contributed by atoms with E-state index in [0.717, 1.165) is 59.0 Å². The Balaban J connectivity index is 1.71. The molecule has 3 rings (SSSR count). The Bertz CT molecular complexity index is 408. The average molecular weight is 278 g/mol. The number of hydrogen-bond acceptors (Lipinski definition) is 4. The second-order valence-electron chi connectivity index (χ2n) is 5.83. The van der Waals surface area contributed by atoms with Crippen LogP contribution in [0, 0.1) is 0 Å². The van der Waals surface area contributed by atoms with Crippen LogP contribution in [-0.2, 0) is 11.8 Å². The van der Waals surface area contributed by atoms with Crippen LogP contribution in [0.25, 0.3) is 0 Å². The van der Waals surface area contributed by atoms with Crippen LogP contribution in [0.2, 0.25) is 0 Å². The first-order valence-corrected chi connectivity index (χ1v) is 7.70. The summed E-state index contributed by atoms with van der Waals surface area (Å²) < 4.78 is 7.66. The van der Waals surface area contributed by atoms with Gasteiger partial charge in [-0.05, 0) is 11.6 Å². The molecule has 2 saturated heterocycles. The van der Waals surface area contributed by atoms with Crippen LogP contribution in [-0.4, -0.2) is 73.4 Å². The highest BCUT2D eigenvalue weighted by Gasteiger charge is 2.25. The van der Waals surface area contributed by atoms with Crippen LogP contribution in [0.3, 0.4) is 0 Å². The summed E-state index contributed by atoms with van der Waals surface area (Å²) in [6.07, 6.45) is 4.42. The number of morpholine rings is 1. The van der Waals surface area contributed by atoms with E-state index in [0.29, 0.717) is 6.04 Å². The van der Waals surface area contributed by atoms with E-state index in [2.05, 4.69) is 45.2 Å². The maximum atomic E-state index is 5.51. The second-order valence-corrected chi connectivity index (χ2v) is 5.83. The van der Waals surface area contributed by atoms with E-state index in [1.807, 2.05) is 0 Å². The molecule has 0 aliphatic carbocycles. The molecule has 5 heteroatoms. The van der Waals surface area contributed by atoms with Gasteiger partial charge in [0.2, 0.25) is 0 Å². The quantitative estimate of drug-likeness (QED) is 0.859. The lowest BCUT2D eigenvalue weighted by Crippen LogP contribution is -2.49. The number of aromatic nitrogens is 1. The van der Waals surface area contributed by atoms with Gasteiger partial charge in [0.25, 0.3) is 0 Å². The average Bonchev–Trinajstić information content (AvgIpc) is 2.93. The van der Waals surface area contributed by atoms with Gasteiger partial charge in [0, 0.05) is 71.3 Å². The van der Waals surface area contributed by atoms with Crippen LogP contribution in [0.15, 0.2) is 18.5 Å². The van der Waals surface area contributed by atoms with Crippen LogP contribution in [0.4, 0.5) is 0 Å². The number of nitrogens with one attached hydrogen (secondary N) is 1. The molecule has 2 aliphatic heterocycles. The summed E-state index contributed by atoms with van der Waals surface area (Å²) in [5, 5.41) is 3.43. The Labute approximate surface area is 121 Å². The molecule has 2 aliphatic rings. The van der Waals surface area contributed by atoms with Crippen molar-refractivity contribution in [3.8, 4) is 0 Å². The highest BCUT2D eigenvalue weighted by molar-refractivity contribution is 5.16. The fraction of sp³-hybridized carbons (Fsp3) is 0.733. The van der Waals surface area contributed by atoms with E-state index in [9.17, 15) is 0 Å².